The topological polar surface area (TPSA) is 66.2 Å². The fourth-order valence-corrected chi connectivity index (χ4v) is 3.39. The number of nitrogens with zero attached hydrogens (tertiary/aromatic N) is 3. The van der Waals surface area contributed by atoms with Crippen LogP contribution in [-0.2, 0) is 9.47 Å². The predicted octanol–water partition coefficient (Wildman–Crippen LogP) is 4.33. The third kappa shape index (κ3) is 3.75. The Bertz CT molecular complexity index is 1140. The van der Waals surface area contributed by atoms with E-state index in [1.807, 2.05) is 47.2 Å². The molecule has 0 aliphatic heterocycles. The number of fused-ring (bicyclic) bond motifs is 1. The van der Waals surface area contributed by atoms with Gasteiger partial charge in [0.15, 0.2) is 0 Å². The summed E-state index contributed by atoms with van der Waals surface area (Å²) < 4.78 is 12.8. The van der Waals surface area contributed by atoms with Crippen LogP contribution in [-0.4, -0.2) is 34.2 Å². The molecule has 0 aliphatic carbocycles. The summed E-state index contributed by atoms with van der Waals surface area (Å²) >= 11 is 0. The zero-order valence-electron chi connectivity index (χ0n) is 16.3. The van der Waals surface area contributed by atoms with Crippen molar-refractivity contribution in [1.82, 2.24) is 14.5 Å². The summed E-state index contributed by atoms with van der Waals surface area (Å²) in [6, 6.07) is 17.4. The molecule has 2 heterocycles. The van der Waals surface area contributed by atoms with Gasteiger partial charge in [-0.2, -0.15) is 0 Å². The molecule has 6 heteroatoms. The summed E-state index contributed by atoms with van der Waals surface area (Å²) in [7, 11) is 1.69. The highest BCUT2D eigenvalue weighted by molar-refractivity contribution is 5.94. The second-order valence-corrected chi connectivity index (χ2v) is 6.54. The summed E-state index contributed by atoms with van der Waals surface area (Å²) in [5.74, 6) is -0.342. The first-order valence-electron chi connectivity index (χ1n) is 9.38. The molecule has 0 N–H and O–H groups in total. The molecule has 0 aliphatic rings. The van der Waals surface area contributed by atoms with E-state index in [4.69, 9.17) is 9.47 Å². The minimum Gasteiger partial charge on any atom is -0.462 e. The van der Waals surface area contributed by atoms with Crippen LogP contribution in [0.15, 0.2) is 73.3 Å². The number of carbonyl (C=O) groups excluding carboxylic acids is 1. The molecule has 0 fully saturated rings. The molecule has 1 atom stereocenters. The Morgan fingerprint density at radius 2 is 1.97 bits per heavy atom. The number of rotatable bonds is 6. The highest BCUT2D eigenvalue weighted by Crippen LogP contribution is 2.27. The van der Waals surface area contributed by atoms with Gasteiger partial charge in [0.1, 0.15) is 12.4 Å². The van der Waals surface area contributed by atoms with Crippen molar-refractivity contribution in [2.45, 2.75) is 13.0 Å². The number of hydrogen-bond acceptors (Lipinski definition) is 5. The van der Waals surface area contributed by atoms with Crippen molar-refractivity contribution in [3.8, 4) is 5.69 Å². The Kier molecular flexibility index (Phi) is 5.35. The maximum absolute atomic E-state index is 12.0. The highest BCUT2D eigenvalue weighted by atomic mass is 16.5. The molecule has 0 amide bonds. The van der Waals surface area contributed by atoms with Crippen molar-refractivity contribution in [1.29, 1.82) is 0 Å². The molecule has 0 saturated heterocycles. The van der Waals surface area contributed by atoms with Crippen LogP contribution in [0.1, 0.15) is 34.5 Å². The van der Waals surface area contributed by atoms with Crippen LogP contribution >= 0.6 is 0 Å². The third-order valence-corrected chi connectivity index (χ3v) is 4.73. The lowest BCUT2D eigenvalue weighted by Gasteiger charge is -2.17. The van der Waals surface area contributed by atoms with Gasteiger partial charge in [-0.25, -0.2) is 9.78 Å². The van der Waals surface area contributed by atoms with E-state index < -0.39 is 0 Å². The molecule has 0 spiro atoms. The van der Waals surface area contributed by atoms with Crippen molar-refractivity contribution < 1.29 is 14.3 Å². The monoisotopic (exact) mass is 387 g/mol. The van der Waals surface area contributed by atoms with Crippen molar-refractivity contribution in [3.63, 3.8) is 0 Å². The molecule has 4 aromatic rings. The highest BCUT2D eigenvalue weighted by Gasteiger charge is 2.15. The van der Waals surface area contributed by atoms with Gasteiger partial charge in [-0.15, -0.1) is 0 Å². The van der Waals surface area contributed by atoms with E-state index in [0.29, 0.717) is 12.2 Å². The Morgan fingerprint density at radius 1 is 1.10 bits per heavy atom. The van der Waals surface area contributed by atoms with E-state index in [1.54, 1.807) is 38.7 Å². The number of pyridine rings is 1. The second-order valence-electron chi connectivity index (χ2n) is 6.54. The minimum atomic E-state index is -0.342. The Hall–Kier alpha value is -3.51. The van der Waals surface area contributed by atoms with Crippen molar-refractivity contribution in [2.24, 2.45) is 0 Å². The largest absolute Gasteiger partial charge is 0.462 e. The van der Waals surface area contributed by atoms with Gasteiger partial charge in [0.25, 0.3) is 0 Å². The molecule has 29 heavy (non-hydrogen) atoms. The molecular formula is C23H21N3O3. The number of hydrogen-bond donors (Lipinski definition) is 0. The van der Waals surface area contributed by atoms with E-state index in [9.17, 15) is 4.79 Å². The number of benzene rings is 2. The van der Waals surface area contributed by atoms with Crippen molar-refractivity contribution in [2.75, 3.05) is 13.7 Å². The number of imidazole rings is 1. The number of carbonyl (C=O) groups is 1. The fourth-order valence-electron chi connectivity index (χ4n) is 3.39. The van der Waals surface area contributed by atoms with Gasteiger partial charge in [-0.1, -0.05) is 18.2 Å². The normalized spacial score (nSPS) is 12.1. The smallest absolute Gasteiger partial charge is 0.338 e. The summed E-state index contributed by atoms with van der Waals surface area (Å²) in [5.41, 5.74) is 5.10. The number of ether oxygens (including phenoxy) is 2. The minimum absolute atomic E-state index is 0.214. The first-order chi connectivity index (χ1) is 14.2. The van der Waals surface area contributed by atoms with Gasteiger partial charge in [-0.3, -0.25) is 9.55 Å². The van der Waals surface area contributed by atoms with Crippen LogP contribution in [0.5, 0.6) is 0 Å². The molecule has 2 aromatic heterocycles. The van der Waals surface area contributed by atoms with E-state index in [2.05, 4.69) is 16.0 Å². The van der Waals surface area contributed by atoms with Crippen molar-refractivity contribution in [3.05, 3.63) is 90.0 Å². The van der Waals surface area contributed by atoms with E-state index in [1.165, 1.54) is 0 Å². The van der Waals surface area contributed by atoms with E-state index in [-0.39, 0.29) is 12.1 Å². The van der Waals surface area contributed by atoms with Gasteiger partial charge in [0.2, 0.25) is 0 Å². The van der Waals surface area contributed by atoms with Gasteiger partial charge in [-0.05, 0) is 48.9 Å². The zero-order valence-corrected chi connectivity index (χ0v) is 16.3. The number of aromatic nitrogens is 3. The molecule has 2 aromatic carbocycles. The number of methoxy groups -OCH3 is 1. The van der Waals surface area contributed by atoms with Gasteiger partial charge < -0.3 is 9.47 Å². The van der Waals surface area contributed by atoms with Crippen LogP contribution in [0.25, 0.3) is 16.7 Å². The van der Waals surface area contributed by atoms with Gasteiger partial charge in [0.05, 0.1) is 23.2 Å². The van der Waals surface area contributed by atoms with Crippen LogP contribution in [0, 0.1) is 0 Å². The first-order valence-corrected chi connectivity index (χ1v) is 9.38. The standard InChI is InChI=1S/C23H21N3O3/c1-3-29-23(27)17-9-10-21-20(13-17)25-15-26(21)19-8-4-6-16(12-19)22(28-2)18-7-5-11-24-14-18/h4-15,22H,3H2,1-2H3. The fraction of sp³-hybridized carbons (Fsp3) is 0.174. The van der Waals surface area contributed by atoms with Crippen LogP contribution < -0.4 is 0 Å². The lowest BCUT2D eigenvalue weighted by Crippen LogP contribution is -2.05. The lowest BCUT2D eigenvalue weighted by atomic mass is 10.0. The SMILES string of the molecule is CCOC(=O)c1ccc2c(c1)ncn2-c1cccc(C(OC)c2cccnc2)c1. The van der Waals surface area contributed by atoms with Gasteiger partial charge in [0, 0.05) is 30.8 Å². The molecule has 146 valence electrons. The Balaban J connectivity index is 1.71. The molecule has 0 radical (unpaired) electrons. The van der Waals surface area contributed by atoms with E-state index >= 15 is 0 Å². The molecule has 6 nitrogen and oxygen atoms in total. The number of esters is 1. The maximum Gasteiger partial charge on any atom is 0.338 e. The van der Waals surface area contributed by atoms with Crippen LogP contribution in [0.2, 0.25) is 0 Å². The van der Waals surface area contributed by atoms with Crippen LogP contribution in [0.4, 0.5) is 0 Å². The molecule has 4 rings (SSSR count). The third-order valence-electron chi connectivity index (χ3n) is 4.73. The maximum atomic E-state index is 12.0. The van der Waals surface area contributed by atoms with Crippen LogP contribution in [0.3, 0.4) is 0 Å². The lowest BCUT2D eigenvalue weighted by molar-refractivity contribution is 0.0526. The predicted molar refractivity (Wildman–Crippen MR) is 110 cm³/mol. The summed E-state index contributed by atoms with van der Waals surface area (Å²) in [6.45, 7) is 2.13. The Morgan fingerprint density at radius 3 is 2.72 bits per heavy atom. The molecule has 1 unspecified atom stereocenters. The average molecular weight is 387 g/mol. The molecule has 0 saturated carbocycles. The second kappa shape index (κ2) is 8.24. The first kappa shape index (κ1) is 18.8. The average Bonchev–Trinajstić information content (AvgIpc) is 3.19. The molecular weight excluding hydrogens is 366 g/mol. The van der Waals surface area contributed by atoms with Crippen molar-refractivity contribution >= 4 is 17.0 Å². The van der Waals surface area contributed by atoms with Gasteiger partial charge >= 0.3 is 5.97 Å². The summed E-state index contributed by atoms with van der Waals surface area (Å²) in [4.78, 5) is 20.6. The quantitative estimate of drug-likeness (QED) is 0.461. The zero-order chi connectivity index (χ0) is 20.2. The Labute approximate surface area is 168 Å². The van der Waals surface area contributed by atoms with E-state index in [0.717, 1.165) is 27.8 Å². The summed E-state index contributed by atoms with van der Waals surface area (Å²) in [5, 5.41) is 0. The summed E-state index contributed by atoms with van der Waals surface area (Å²) in [6.07, 6.45) is 5.10. The molecule has 0 bridgehead atoms.